The molecule has 2 aliphatic heterocycles. The van der Waals surface area contributed by atoms with E-state index >= 15 is 0 Å². The van der Waals surface area contributed by atoms with Crippen molar-refractivity contribution in [1.29, 1.82) is 0 Å². The third kappa shape index (κ3) is 5.55. The van der Waals surface area contributed by atoms with Crippen LogP contribution in [0.25, 0.3) is 0 Å². The van der Waals surface area contributed by atoms with Crippen LogP contribution in [0, 0.1) is 5.92 Å². The molecule has 1 N–H and O–H groups in total. The molecule has 6 nitrogen and oxygen atoms in total. The normalized spacial score (nSPS) is 22.8. The number of hydrogen-bond acceptors (Lipinski definition) is 4. The van der Waals surface area contributed by atoms with E-state index in [4.69, 9.17) is 0 Å². The number of sulfonamides is 1. The van der Waals surface area contributed by atoms with Crippen LogP contribution >= 0.6 is 0 Å². The molecule has 0 bridgehead atoms. The van der Waals surface area contributed by atoms with Crippen LogP contribution < -0.4 is 5.32 Å². The van der Waals surface area contributed by atoms with Gasteiger partial charge in [-0.15, -0.1) is 0 Å². The van der Waals surface area contributed by atoms with Gasteiger partial charge in [-0.05, 0) is 57.2 Å². The molecule has 0 aromatic heterocycles. The Labute approximate surface area is 169 Å². The minimum Gasteiger partial charge on any atom is -0.355 e. The summed E-state index contributed by atoms with van der Waals surface area (Å²) in [5.41, 5.74) is 0. The van der Waals surface area contributed by atoms with E-state index in [0.29, 0.717) is 37.0 Å². The number of piperidine rings is 2. The predicted molar refractivity (Wildman–Crippen MR) is 110 cm³/mol. The van der Waals surface area contributed by atoms with Gasteiger partial charge in [-0.3, -0.25) is 9.69 Å². The number of nitrogens with one attached hydrogen (secondary N) is 1. The topological polar surface area (TPSA) is 69.7 Å². The molecule has 0 radical (unpaired) electrons. The molecule has 1 amide bonds. The summed E-state index contributed by atoms with van der Waals surface area (Å²) in [5, 5.41) is 3.05. The van der Waals surface area contributed by atoms with E-state index in [2.05, 4.69) is 17.1 Å². The molecule has 7 heteroatoms. The van der Waals surface area contributed by atoms with Crippen LogP contribution in [-0.4, -0.2) is 62.3 Å². The van der Waals surface area contributed by atoms with E-state index in [0.717, 1.165) is 25.9 Å². The molecule has 0 unspecified atom stereocenters. The van der Waals surface area contributed by atoms with E-state index in [1.54, 1.807) is 28.6 Å². The van der Waals surface area contributed by atoms with Crippen LogP contribution in [0.5, 0.6) is 0 Å². The lowest BCUT2D eigenvalue weighted by molar-refractivity contribution is -0.122. The predicted octanol–water partition coefficient (Wildman–Crippen LogP) is 2.47. The van der Waals surface area contributed by atoms with Crippen molar-refractivity contribution < 1.29 is 13.2 Å². The van der Waals surface area contributed by atoms with E-state index < -0.39 is 10.0 Å². The molecular formula is C21H33N3O3S. The standard InChI is InChI=1S/C21H33N3O3S/c1-18-7-5-6-13-23(18)16-12-22-21(25)17-19-10-14-24(15-11-19)28(26,27)20-8-3-2-4-9-20/h2-4,8-9,18-19H,5-7,10-17H2,1H3,(H,22,25)/t18-/m1/s1. The first-order valence-electron chi connectivity index (χ1n) is 10.5. The fourth-order valence-corrected chi connectivity index (χ4v) is 5.75. The lowest BCUT2D eigenvalue weighted by atomic mass is 9.94. The van der Waals surface area contributed by atoms with Crippen molar-refractivity contribution in [3.8, 4) is 0 Å². The van der Waals surface area contributed by atoms with Gasteiger partial charge in [0, 0.05) is 38.6 Å². The highest BCUT2D eigenvalue weighted by molar-refractivity contribution is 7.89. The van der Waals surface area contributed by atoms with Crippen LogP contribution in [0.2, 0.25) is 0 Å². The van der Waals surface area contributed by atoms with E-state index in [1.165, 1.54) is 19.3 Å². The molecule has 28 heavy (non-hydrogen) atoms. The summed E-state index contributed by atoms with van der Waals surface area (Å²) in [6.45, 7) is 5.98. The van der Waals surface area contributed by atoms with Gasteiger partial charge >= 0.3 is 0 Å². The molecule has 0 spiro atoms. The fourth-order valence-electron chi connectivity index (χ4n) is 4.26. The van der Waals surface area contributed by atoms with Crippen LogP contribution in [-0.2, 0) is 14.8 Å². The Balaban J connectivity index is 1.38. The Hall–Kier alpha value is -1.44. The lowest BCUT2D eigenvalue weighted by Crippen LogP contribution is -2.43. The second-order valence-corrected chi connectivity index (χ2v) is 10.0. The first-order valence-corrected chi connectivity index (χ1v) is 12.0. The van der Waals surface area contributed by atoms with Gasteiger partial charge in [0.15, 0.2) is 0 Å². The Bertz CT molecular complexity index is 731. The van der Waals surface area contributed by atoms with Gasteiger partial charge < -0.3 is 5.32 Å². The number of likely N-dealkylation sites (tertiary alicyclic amines) is 1. The van der Waals surface area contributed by atoms with Crippen molar-refractivity contribution in [3.05, 3.63) is 30.3 Å². The number of carbonyl (C=O) groups excluding carboxylic acids is 1. The Kier molecular flexibility index (Phi) is 7.48. The summed E-state index contributed by atoms with van der Waals surface area (Å²) in [6, 6.07) is 9.19. The highest BCUT2D eigenvalue weighted by Crippen LogP contribution is 2.25. The van der Waals surface area contributed by atoms with Gasteiger partial charge in [-0.2, -0.15) is 4.31 Å². The van der Waals surface area contributed by atoms with Gasteiger partial charge in [0.1, 0.15) is 0 Å². The fraction of sp³-hybridized carbons (Fsp3) is 0.667. The molecule has 0 saturated carbocycles. The molecule has 0 aliphatic carbocycles. The summed E-state index contributed by atoms with van der Waals surface area (Å²) < 4.78 is 26.9. The first kappa shape index (κ1) is 21.3. The maximum absolute atomic E-state index is 12.7. The minimum atomic E-state index is -3.42. The number of rotatable bonds is 7. The van der Waals surface area contributed by atoms with Crippen molar-refractivity contribution in [1.82, 2.24) is 14.5 Å². The molecule has 2 aliphatic rings. The maximum Gasteiger partial charge on any atom is 0.243 e. The summed E-state index contributed by atoms with van der Waals surface area (Å²) >= 11 is 0. The Morgan fingerprint density at radius 1 is 1.07 bits per heavy atom. The Morgan fingerprint density at radius 3 is 2.46 bits per heavy atom. The maximum atomic E-state index is 12.7. The number of carbonyl (C=O) groups is 1. The van der Waals surface area contributed by atoms with Gasteiger partial charge in [0.2, 0.25) is 15.9 Å². The third-order valence-electron chi connectivity index (χ3n) is 6.09. The molecule has 2 saturated heterocycles. The largest absolute Gasteiger partial charge is 0.355 e. The van der Waals surface area contributed by atoms with Crippen LogP contribution in [0.1, 0.15) is 45.4 Å². The average molecular weight is 408 g/mol. The van der Waals surface area contributed by atoms with Crippen molar-refractivity contribution in [2.45, 2.75) is 56.4 Å². The van der Waals surface area contributed by atoms with E-state index in [1.807, 2.05) is 6.07 Å². The molecular weight excluding hydrogens is 374 g/mol. The quantitative estimate of drug-likeness (QED) is 0.754. The molecule has 3 rings (SSSR count). The Morgan fingerprint density at radius 2 is 1.79 bits per heavy atom. The number of nitrogens with zero attached hydrogens (tertiary/aromatic N) is 2. The van der Waals surface area contributed by atoms with Crippen molar-refractivity contribution in [3.63, 3.8) is 0 Å². The SMILES string of the molecule is C[C@@H]1CCCCN1CCNC(=O)CC1CCN(S(=O)(=O)c2ccccc2)CC1. The van der Waals surface area contributed by atoms with E-state index in [-0.39, 0.29) is 11.8 Å². The van der Waals surface area contributed by atoms with Crippen molar-refractivity contribution in [2.75, 3.05) is 32.7 Å². The number of amides is 1. The van der Waals surface area contributed by atoms with Crippen molar-refractivity contribution in [2.24, 2.45) is 5.92 Å². The lowest BCUT2D eigenvalue weighted by Gasteiger charge is -2.33. The zero-order chi connectivity index (χ0) is 20.0. The summed E-state index contributed by atoms with van der Waals surface area (Å²) in [4.78, 5) is 15.1. The van der Waals surface area contributed by atoms with Gasteiger partial charge in [0.05, 0.1) is 4.90 Å². The van der Waals surface area contributed by atoms with Gasteiger partial charge in [-0.1, -0.05) is 24.6 Å². The smallest absolute Gasteiger partial charge is 0.243 e. The van der Waals surface area contributed by atoms with Crippen molar-refractivity contribution >= 4 is 15.9 Å². The van der Waals surface area contributed by atoms with Crippen LogP contribution in [0.4, 0.5) is 0 Å². The monoisotopic (exact) mass is 407 g/mol. The summed E-state index contributed by atoms with van der Waals surface area (Å²) in [6.07, 6.45) is 5.78. The molecule has 2 heterocycles. The van der Waals surface area contributed by atoms with E-state index in [9.17, 15) is 13.2 Å². The van der Waals surface area contributed by atoms with Gasteiger partial charge in [-0.25, -0.2) is 8.42 Å². The molecule has 1 atom stereocenters. The van der Waals surface area contributed by atoms with Crippen LogP contribution in [0.3, 0.4) is 0 Å². The first-order chi connectivity index (χ1) is 13.5. The molecule has 1 aromatic carbocycles. The zero-order valence-electron chi connectivity index (χ0n) is 16.8. The second kappa shape index (κ2) is 9.85. The molecule has 1 aromatic rings. The average Bonchev–Trinajstić information content (AvgIpc) is 2.70. The highest BCUT2D eigenvalue weighted by Gasteiger charge is 2.30. The number of hydrogen-bond donors (Lipinski definition) is 1. The molecule has 156 valence electrons. The summed E-state index contributed by atoms with van der Waals surface area (Å²) in [5.74, 6) is 0.352. The number of benzene rings is 1. The minimum absolute atomic E-state index is 0.0917. The molecule has 2 fully saturated rings. The highest BCUT2D eigenvalue weighted by atomic mass is 32.2. The second-order valence-electron chi connectivity index (χ2n) is 8.10. The van der Waals surface area contributed by atoms with Gasteiger partial charge in [0.25, 0.3) is 0 Å². The third-order valence-corrected chi connectivity index (χ3v) is 8.00. The zero-order valence-corrected chi connectivity index (χ0v) is 17.7. The summed E-state index contributed by atoms with van der Waals surface area (Å²) in [7, 11) is -3.42. The van der Waals surface area contributed by atoms with Crippen LogP contribution in [0.15, 0.2) is 35.2 Å².